The molecular weight excluding hydrogens is 349 g/mol. The van der Waals surface area contributed by atoms with E-state index in [0.29, 0.717) is 30.7 Å². The number of aliphatic imine (C=N–C) groups is 1. The van der Waals surface area contributed by atoms with Crippen molar-refractivity contribution in [1.82, 2.24) is 15.6 Å². The quantitative estimate of drug-likeness (QED) is 0.465. The molecule has 0 radical (unpaired) electrons. The summed E-state index contributed by atoms with van der Waals surface area (Å²) in [7, 11) is 1.62. The Labute approximate surface area is 149 Å². The second-order valence-corrected chi connectivity index (χ2v) is 5.47. The van der Waals surface area contributed by atoms with Crippen molar-refractivity contribution in [3.8, 4) is 5.75 Å². The molecule has 9 heteroatoms. The fraction of sp³-hybridized carbons (Fsp3) is 0.412. The maximum atomic E-state index is 12.5. The minimum absolute atomic E-state index is 0.267. The zero-order valence-corrected chi connectivity index (χ0v) is 14.8. The van der Waals surface area contributed by atoms with Crippen molar-refractivity contribution >= 4 is 5.96 Å². The van der Waals surface area contributed by atoms with Gasteiger partial charge in [0.25, 0.3) is 0 Å². The third-order valence-corrected chi connectivity index (χ3v) is 3.55. The number of aryl methyl sites for hydroxylation is 2. The molecule has 0 saturated carbocycles. The number of nitrogens with zero attached hydrogens (tertiary/aromatic N) is 2. The lowest BCUT2D eigenvalue weighted by atomic mass is 10.2. The molecule has 0 atom stereocenters. The van der Waals surface area contributed by atoms with Crippen molar-refractivity contribution in [3.05, 3.63) is 47.2 Å². The minimum atomic E-state index is -4.35. The van der Waals surface area contributed by atoms with Gasteiger partial charge in [-0.2, -0.15) is 13.2 Å². The molecule has 2 rings (SSSR count). The topological polar surface area (TPSA) is 71.7 Å². The average molecular weight is 370 g/mol. The van der Waals surface area contributed by atoms with Gasteiger partial charge in [0.2, 0.25) is 5.89 Å². The van der Waals surface area contributed by atoms with Gasteiger partial charge in [-0.3, -0.25) is 4.99 Å². The summed E-state index contributed by atoms with van der Waals surface area (Å²) in [5, 5.41) is 6.08. The number of hydrogen-bond acceptors (Lipinski definition) is 4. The molecule has 1 aromatic carbocycles. The molecular formula is C17H21F3N4O2. The number of halogens is 3. The van der Waals surface area contributed by atoms with Crippen molar-refractivity contribution < 1.29 is 22.3 Å². The second-order valence-electron chi connectivity index (χ2n) is 5.47. The molecule has 0 aliphatic carbocycles. The number of benzene rings is 1. The largest absolute Gasteiger partial charge is 0.492 e. The van der Waals surface area contributed by atoms with Crippen molar-refractivity contribution in [2.24, 2.45) is 4.99 Å². The van der Waals surface area contributed by atoms with Crippen LogP contribution in [0.5, 0.6) is 5.75 Å². The lowest BCUT2D eigenvalue weighted by Crippen LogP contribution is -2.38. The number of ether oxygens (including phenoxy) is 1. The van der Waals surface area contributed by atoms with E-state index in [-0.39, 0.29) is 6.61 Å². The summed E-state index contributed by atoms with van der Waals surface area (Å²) in [5.41, 5.74) is 0.138. The SMILES string of the molecule is CN=C(NCCOc1ccc(C(F)(F)F)cc1)NCc1nc(C)c(C)o1. The molecule has 0 aliphatic heterocycles. The summed E-state index contributed by atoms with van der Waals surface area (Å²) >= 11 is 0. The summed E-state index contributed by atoms with van der Waals surface area (Å²) in [6.07, 6.45) is -4.35. The van der Waals surface area contributed by atoms with Gasteiger partial charge < -0.3 is 19.8 Å². The van der Waals surface area contributed by atoms with Crippen LogP contribution in [0.2, 0.25) is 0 Å². The normalized spacial score (nSPS) is 12.2. The van der Waals surface area contributed by atoms with Crippen LogP contribution in [0.4, 0.5) is 13.2 Å². The molecule has 0 spiro atoms. The van der Waals surface area contributed by atoms with Crippen molar-refractivity contribution in [2.45, 2.75) is 26.6 Å². The van der Waals surface area contributed by atoms with E-state index >= 15 is 0 Å². The standard InChI is InChI=1S/C17H21F3N4O2/c1-11-12(2)26-15(24-11)10-23-16(21-3)22-8-9-25-14-6-4-13(5-7-14)17(18,19)20/h4-7H,8-10H2,1-3H3,(H2,21,22,23). The highest BCUT2D eigenvalue weighted by atomic mass is 19.4. The summed E-state index contributed by atoms with van der Waals surface area (Å²) in [6, 6.07) is 4.57. The van der Waals surface area contributed by atoms with Crippen LogP contribution in [0.25, 0.3) is 0 Å². The number of aromatic nitrogens is 1. The van der Waals surface area contributed by atoms with Gasteiger partial charge in [0.15, 0.2) is 5.96 Å². The molecule has 1 aromatic heterocycles. The molecule has 0 bridgehead atoms. The highest BCUT2D eigenvalue weighted by Crippen LogP contribution is 2.30. The summed E-state index contributed by atoms with van der Waals surface area (Å²) in [4.78, 5) is 8.32. The smallest absolute Gasteiger partial charge is 0.416 e. The van der Waals surface area contributed by atoms with Gasteiger partial charge in [0.05, 0.1) is 24.3 Å². The van der Waals surface area contributed by atoms with Crippen LogP contribution in [-0.4, -0.2) is 31.1 Å². The van der Waals surface area contributed by atoms with Crippen molar-refractivity contribution in [3.63, 3.8) is 0 Å². The second kappa shape index (κ2) is 8.59. The predicted octanol–water partition coefficient (Wildman–Crippen LogP) is 3.05. The van der Waals surface area contributed by atoms with Crippen LogP contribution in [0.15, 0.2) is 33.7 Å². The fourth-order valence-electron chi connectivity index (χ4n) is 2.07. The Morgan fingerprint density at radius 3 is 2.42 bits per heavy atom. The Balaban J connectivity index is 1.72. The Bertz CT molecular complexity index is 720. The Morgan fingerprint density at radius 1 is 1.19 bits per heavy atom. The van der Waals surface area contributed by atoms with Crippen molar-refractivity contribution in [2.75, 3.05) is 20.2 Å². The van der Waals surface area contributed by atoms with Gasteiger partial charge in [-0.15, -0.1) is 0 Å². The molecule has 0 fully saturated rings. The summed E-state index contributed by atoms with van der Waals surface area (Å²) < 4.78 is 48.3. The maximum Gasteiger partial charge on any atom is 0.416 e. The Kier molecular flexibility index (Phi) is 6.48. The van der Waals surface area contributed by atoms with E-state index in [9.17, 15) is 13.2 Å². The van der Waals surface area contributed by atoms with E-state index in [1.165, 1.54) is 12.1 Å². The van der Waals surface area contributed by atoms with Gasteiger partial charge in [-0.1, -0.05) is 0 Å². The van der Waals surface area contributed by atoms with E-state index in [1.54, 1.807) is 7.05 Å². The first-order valence-corrected chi connectivity index (χ1v) is 7.97. The monoisotopic (exact) mass is 370 g/mol. The van der Waals surface area contributed by atoms with E-state index in [0.717, 1.165) is 23.6 Å². The minimum Gasteiger partial charge on any atom is -0.492 e. The van der Waals surface area contributed by atoms with E-state index in [2.05, 4.69) is 20.6 Å². The highest BCUT2D eigenvalue weighted by molar-refractivity contribution is 5.79. The van der Waals surface area contributed by atoms with Crippen LogP contribution < -0.4 is 15.4 Å². The van der Waals surface area contributed by atoms with Crippen LogP contribution >= 0.6 is 0 Å². The zero-order valence-electron chi connectivity index (χ0n) is 14.8. The molecule has 1 heterocycles. The van der Waals surface area contributed by atoms with Crippen LogP contribution in [0.3, 0.4) is 0 Å². The molecule has 0 unspecified atom stereocenters. The molecule has 0 aliphatic rings. The third-order valence-electron chi connectivity index (χ3n) is 3.55. The highest BCUT2D eigenvalue weighted by Gasteiger charge is 2.29. The molecule has 2 N–H and O–H groups in total. The first-order chi connectivity index (χ1) is 12.3. The van der Waals surface area contributed by atoms with Crippen molar-refractivity contribution in [1.29, 1.82) is 0 Å². The van der Waals surface area contributed by atoms with Crippen LogP contribution in [0.1, 0.15) is 22.9 Å². The Hall–Kier alpha value is -2.71. The molecule has 2 aromatic rings. The third kappa shape index (κ3) is 5.68. The molecule has 6 nitrogen and oxygen atoms in total. The summed E-state index contributed by atoms with van der Waals surface area (Å²) in [5.74, 6) is 2.24. The van der Waals surface area contributed by atoms with Gasteiger partial charge in [-0.05, 0) is 38.1 Å². The number of oxazole rings is 1. The fourth-order valence-corrected chi connectivity index (χ4v) is 2.07. The molecule has 0 saturated heterocycles. The first-order valence-electron chi connectivity index (χ1n) is 7.97. The lowest BCUT2D eigenvalue weighted by Gasteiger charge is -2.12. The predicted molar refractivity (Wildman–Crippen MR) is 91.1 cm³/mol. The number of nitrogens with one attached hydrogen (secondary N) is 2. The zero-order chi connectivity index (χ0) is 19.2. The van der Waals surface area contributed by atoms with Gasteiger partial charge >= 0.3 is 6.18 Å². The van der Waals surface area contributed by atoms with E-state index in [4.69, 9.17) is 9.15 Å². The van der Waals surface area contributed by atoms with E-state index in [1.807, 2.05) is 13.8 Å². The van der Waals surface area contributed by atoms with E-state index < -0.39 is 11.7 Å². The number of hydrogen-bond donors (Lipinski definition) is 2. The lowest BCUT2D eigenvalue weighted by molar-refractivity contribution is -0.137. The number of alkyl halides is 3. The maximum absolute atomic E-state index is 12.5. The number of guanidine groups is 1. The van der Waals surface area contributed by atoms with Crippen LogP contribution in [0, 0.1) is 13.8 Å². The first kappa shape index (κ1) is 19.6. The van der Waals surface area contributed by atoms with Gasteiger partial charge in [0, 0.05) is 7.05 Å². The average Bonchev–Trinajstić information content (AvgIpc) is 2.92. The molecule has 142 valence electrons. The van der Waals surface area contributed by atoms with Crippen LogP contribution in [-0.2, 0) is 12.7 Å². The van der Waals surface area contributed by atoms with Gasteiger partial charge in [-0.25, -0.2) is 4.98 Å². The summed E-state index contributed by atoms with van der Waals surface area (Å²) in [6.45, 7) is 4.78. The van der Waals surface area contributed by atoms with Gasteiger partial charge in [0.1, 0.15) is 18.1 Å². The number of rotatable bonds is 6. The Morgan fingerprint density at radius 2 is 1.88 bits per heavy atom. The molecule has 26 heavy (non-hydrogen) atoms. The molecule has 0 amide bonds.